The molecule has 0 bridgehead atoms. The minimum atomic E-state index is 0.0699. The molecule has 0 aliphatic carbocycles. The van der Waals surface area contributed by atoms with Crippen molar-refractivity contribution in [1.29, 1.82) is 0 Å². The highest BCUT2D eigenvalue weighted by atomic mass is 32.2. The van der Waals surface area contributed by atoms with Crippen LogP contribution in [0.25, 0.3) is 0 Å². The van der Waals surface area contributed by atoms with Crippen molar-refractivity contribution in [2.75, 3.05) is 23.7 Å². The van der Waals surface area contributed by atoms with Gasteiger partial charge in [-0.05, 0) is 32.4 Å². The molecule has 1 fully saturated rings. The van der Waals surface area contributed by atoms with Gasteiger partial charge in [0.25, 0.3) is 0 Å². The van der Waals surface area contributed by atoms with Crippen LogP contribution in [-0.2, 0) is 6.61 Å². The SMILES string of the molecule is Cc1nc(N2CCSC(C)(C)C2)ccc1CO. The quantitative estimate of drug-likeness (QED) is 0.875. The molecule has 0 aromatic carbocycles. The van der Waals surface area contributed by atoms with Crippen molar-refractivity contribution >= 4 is 17.6 Å². The number of aliphatic hydroxyl groups excluding tert-OH is 1. The van der Waals surface area contributed by atoms with E-state index in [9.17, 15) is 0 Å². The maximum atomic E-state index is 9.15. The van der Waals surface area contributed by atoms with Gasteiger partial charge in [0.05, 0.1) is 6.61 Å². The number of hydrogen-bond acceptors (Lipinski definition) is 4. The van der Waals surface area contributed by atoms with Crippen molar-refractivity contribution in [2.24, 2.45) is 0 Å². The first-order valence-electron chi connectivity index (χ1n) is 5.98. The first kappa shape index (κ1) is 12.7. The highest BCUT2D eigenvalue weighted by Gasteiger charge is 2.27. The zero-order chi connectivity index (χ0) is 12.5. The molecule has 1 aromatic heterocycles. The largest absolute Gasteiger partial charge is 0.392 e. The average molecular weight is 252 g/mol. The summed E-state index contributed by atoms with van der Waals surface area (Å²) in [6, 6.07) is 4.00. The van der Waals surface area contributed by atoms with Crippen LogP contribution < -0.4 is 4.90 Å². The summed E-state index contributed by atoms with van der Waals surface area (Å²) in [5.41, 5.74) is 1.85. The fourth-order valence-electron chi connectivity index (χ4n) is 2.13. The lowest BCUT2D eigenvalue weighted by Crippen LogP contribution is -2.43. The normalized spacial score (nSPS) is 19.4. The molecular formula is C13H20N2OS. The summed E-state index contributed by atoms with van der Waals surface area (Å²) in [5.74, 6) is 2.18. The van der Waals surface area contributed by atoms with E-state index in [2.05, 4.69) is 23.7 Å². The average Bonchev–Trinajstić information content (AvgIpc) is 2.27. The van der Waals surface area contributed by atoms with Crippen LogP contribution in [0.15, 0.2) is 12.1 Å². The molecule has 1 aliphatic heterocycles. The predicted molar refractivity (Wildman–Crippen MR) is 73.6 cm³/mol. The summed E-state index contributed by atoms with van der Waals surface area (Å²) >= 11 is 2.02. The van der Waals surface area contributed by atoms with Gasteiger partial charge in [0.1, 0.15) is 5.82 Å². The zero-order valence-electron chi connectivity index (χ0n) is 10.7. The molecule has 4 heteroatoms. The van der Waals surface area contributed by atoms with Gasteiger partial charge in [-0.25, -0.2) is 4.98 Å². The molecule has 2 rings (SSSR count). The van der Waals surface area contributed by atoms with E-state index in [0.29, 0.717) is 4.75 Å². The first-order valence-corrected chi connectivity index (χ1v) is 6.97. The minimum absolute atomic E-state index is 0.0699. The number of rotatable bonds is 2. The number of nitrogens with zero attached hydrogens (tertiary/aromatic N) is 2. The lowest BCUT2D eigenvalue weighted by Gasteiger charge is -2.38. The Morgan fingerprint density at radius 2 is 2.24 bits per heavy atom. The molecule has 94 valence electrons. The lowest BCUT2D eigenvalue weighted by atomic mass is 10.1. The molecule has 0 unspecified atom stereocenters. The smallest absolute Gasteiger partial charge is 0.128 e. The predicted octanol–water partition coefficient (Wildman–Crippen LogP) is 2.21. The molecule has 0 atom stereocenters. The van der Waals surface area contributed by atoms with Crippen molar-refractivity contribution in [2.45, 2.75) is 32.1 Å². The highest BCUT2D eigenvalue weighted by Crippen LogP contribution is 2.31. The van der Waals surface area contributed by atoms with Crippen molar-refractivity contribution in [3.63, 3.8) is 0 Å². The molecule has 0 amide bonds. The van der Waals surface area contributed by atoms with E-state index in [1.54, 1.807) is 0 Å². The molecule has 0 spiro atoms. The van der Waals surface area contributed by atoms with E-state index in [0.717, 1.165) is 35.9 Å². The Labute approximate surface area is 107 Å². The summed E-state index contributed by atoms with van der Waals surface area (Å²) in [5, 5.41) is 9.15. The van der Waals surface area contributed by atoms with Gasteiger partial charge in [0.15, 0.2) is 0 Å². The first-order chi connectivity index (χ1) is 8.02. The van der Waals surface area contributed by atoms with Crippen molar-refractivity contribution in [1.82, 2.24) is 4.98 Å². The Balaban J connectivity index is 2.19. The number of aromatic nitrogens is 1. The van der Waals surface area contributed by atoms with Crippen molar-refractivity contribution < 1.29 is 5.11 Å². The number of hydrogen-bond donors (Lipinski definition) is 1. The van der Waals surface area contributed by atoms with Crippen LogP contribution in [0.4, 0.5) is 5.82 Å². The van der Waals surface area contributed by atoms with Crippen molar-refractivity contribution in [3.8, 4) is 0 Å². The number of pyridine rings is 1. The van der Waals surface area contributed by atoms with Gasteiger partial charge in [-0.2, -0.15) is 11.8 Å². The van der Waals surface area contributed by atoms with Crippen LogP contribution >= 0.6 is 11.8 Å². The third-order valence-electron chi connectivity index (χ3n) is 3.10. The van der Waals surface area contributed by atoms with E-state index < -0.39 is 0 Å². The third kappa shape index (κ3) is 2.93. The summed E-state index contributed by atoms with van der Waals surface area (Å²) in [6.07, 6.45) is 0. The van der Waals surface area contributed by atoms with Gasteiger partial charge in [-0.1, -0.05) is 6.07 Å². The number of anilines is 1. The number of aryl methyl sites for hydroxylation is 1. The topological polar surface area (TPSA) is 36.4 Å². The Kier molecular flexibility index (Phi) is 3.64. The second kappa shape index (κ2) is 4.86. The van der Waals surface area contributed by atoms with Crippen LogP contribution in [0.5, 0.6) is 0 Å². The van der Waals surface area contributed by atoms with E-state index in [-0.39, 0.29) is 6.61 Å². The second-order valence-electron chi connectivity index (χ2n) is 5.10. The molecule has 1 aliphatic rings. The fraction of sp³-hybridized carbons (Fsp3) is 0.615. The number of thioether (sulfide) groups is 1. The summed E-state index contributed by atoms with van der Waals surface area (Å²) < 4.78 is 0.295. The Morgan fingerprint density at radius 1 is 1.47 bits per heavy atom. The monoisotopic (exact) mass is 252 g/mol. The van der Waals surface area contributed by atoms with Gasteiger partial charge >= 0.3 is 0 Å². The standard InChI is InChI=1S/C13H20N2OS/c1-10-11(8-16)4-5-12(14-10)15-6-7-17-13(2,3)9-15/h4-5,16H,6-9H2,1-3H3. The lowest BCUT2D eigenvalue weighted by molar-refractivity contribution is 0.280. The van der Waals surface area contributed by atoms with Gasteiger partial charge < -0.3 is 10.0 Å². The van der Waals surface area contributed by atoms with Crippen LogP contribution in [0.3, 0.4) is 0 Å². The second-order valence-corrected chi connectivity index (χ2v) is 6.90. The van der Waals surface area contributed by atoms with Gasteiger partial charge in [-0.15, -0.1) is 0 Å². The fourth-order valence-corrected chi connectivity index (χ4v) is 3.24. The molecule has 1 N–H and O–H groups in total. The van der Waals surface area contributed by atoms with E-state index in [1.807, 2.05) is 30.8 Å². The minimum Gasteiger partial charge on any atom is -0.392 e. The molecule has 1 saturated heterocycles. The Morgan fingerprint density at radius 3 is 2.82 bits per heavy atom. The summed E-state index contributed by atoms with van der Waals surface area (Å²) in [4.78, 5) is 6.93. The van der Waals surface area contributed by atoms with E-state index in [1.165, 1.54) is 0 Å². The third-order valence-corrected chi connectivity index (χ3v) is 4.40. The van der Waals surface area contributed by atoms with Crippen LogP contribution in [0, 0.1) is 6.92 Å². The molecule has 17 heavy (non-hydrogen) atoms. The molecule has 0 radical (unpaired) electrons. The molecule has 2 heterocycles. The maximum absolute atomic E-state index is 9.15. The summed E-state index contributed by atoms with van der Waals surface area (Å²) in [6.45, 7) is 8.67. The number of aliphatic hydroxyl groups is 1. The van der Waals surface area contributed by atoms with Crippen molar-refractivity contribution in [3.05, 3.63) is 23.4 Å². The molecule has 0 saturated carbocycles. The van der Waals surface area contributed by atoms with Crippen LogP contribution in [0.1, 0.15) is 25.1 Å². The molecule has 1 aromatic rings. The van der Waals surface area contributed by atoms with E-state index >= 15 is 0 Å². The van der Waals surface area contributed by atoms with Gasteiger partial charge in [0, 0.05) is 29.3 Å². The summed E-state index contributed by atoms with van der Waals surface area (Å²) in [7, 11) is 0. The van der Waals surface area contributed by atoms with Gasteiger partial charge in [-0.3, -0.25) is 0 Å². The Bertz CT molecular complexity index is 406. The van der Waals surface area contributed by atoms with Crippen LogP contribution in [-0.4, -0.2) is 33.7 Å². The highest BCUT2D eigenvalue weighted by molar-refractivity contribution is 8.00. The maximum Gasteiger partial charge on any atom is 0.128 e. The zero-order valence-corrected chi connectivity index (χ0v) is 11.5. The van der Waals surface area contributed by atoms with Crippen LogP contribution in [0.2, 0.25) is 0 Å². The van der Waals surface area contributed by atoms with E-state index in [4.69, 9.17) is 5.11 Å². The molecular weight excluding hydrogens is 232 g/mol. The Hall–Kier alpha value is -0.740. The van der Waals surface area contributed by atoms with Gasteiger partial charge in [0.2, 0.25) is 0 Å². The molecule has 3 nitrogen and oxygen atoms in total.